The zero-order valence-corrected chi connectivity index (χ0v) is 14.0. The number of hydrogen-bond acceptors (Lipinski definition) is 4. The van der Waals surface area contributed by atoms with Crippen molar-refractivity contribution in [2.75, 3.05) is 5.32 Å². The lowest BCUT2D eigenvalue weighted by molar-refractivity contribution is -0.152. The summed E-state index contributed by atoms with van der Waals surface area (Å²) in [6.07, 6.45) is -0.852. The van der Waals surface area contributed by atoms with Gasteiger partial charge in [-0.25, -0.2) is 0 Å². The normalized spacial score (nSPS) is 11.6. The van der Waals surface area contributed by atoms with E-state index >= 15 is 0 Å². The third-order valence-electron chi connectivity index (χ3n) is 3.69. The Morgan fingerprint density at radius 1 is 1.08 bits per heavy atom. The molecule has 0 unspecified atom stereocenters. The van der Waals surface area contributed by atoms with Crippen molar-refractivity contribution in [3.8, 4) is 5.75 Å². The molecule has 126 valence electrons. The maximum atomic E-state index is 12.2. The first-order chi connectivity index (χ1) is 11.4. The second-order valence-electron chi connectivity index (χ2n) is 5.73. The molecule has 0 fully saturated rings. The molecule has 0 aliphatic heterocycles. The summed E-state index contributed by atoms with van der Waals surface area (Å²) in [4.78, 5) is 24.2. The summed E-state index contributed by atoms with van der Waals surface area (Å²) in [6, 6.07) is 12.0. The van der Waals surface area contributed by atoms with Crippen molar-refractivity contribution in [3.05, 3.63) is 59.2 Å². The van der Waals surface area contributed by atoms with Crippen LogP contribution in [0.15, 0.2) is 42.5 Å². The highest BCUT2D eigenvalue weighted by atomic mass is 16.5. The molecule has 2 aromatic rings. The number of phenols is 1. The second-order valence-corrected chi connectivity index (χ2v) is 5.73. The first kappa shape index (κ1) is 17.5. The fourth-order valence-corrected chi connectivity index (χ4v) is 2.31. The summed E-state index contributed by atoms with van der Waals surface area (Å²) in [7, 11) is 0. The topological polar surface area (TPSA) is 75.6 Å². The van der Waals surface area contributed by atoms with Crippen LogP contribution in [0.4, 0.5) is 5.69 Å². The second kappa shape index (κ2) is 7.64. The van der Waals surface area contributed by atoms with Gasteiger partial charge in [-0.1, -0.05) is 30.3 Å². The summed E-state index contributed by atoms with van der Waals surface area (Å²) in [5, 5.41) is 12.0. The minimum Gasteiger partial charge on any atom is -0.508 e. The molecule has 1 amide bonds. The molecule has 2 aromatic carbocycles. The fourth-order valence-electron chi connectivity index (χ4n) is 2.31. The summed E-state index contributed by atoms with van der Waals surface area (Å²) >= 11 is 0. The van der Waals surface area contributed by atoms with Gasteiger partial charge in [0.1, 0.15) is 5.75 Å². The molecule has 5 nitrogen and oxygen atoms in total. The van der Waals surface area contributed by atoms with Gasteiger partial charge in [-0.2, -0.15) is 0 Å². The van der Waals surface area contributed by atoms with Gasteiger partial charge in [0.25, 0.3) is 5.91 Å². The summed E-state index contributed by atoms with van der Waals surface area (Å²) < 4.78 is 5.18. The molecule has 0 saturated carbocycles. The molecule has 0 heterocycles. The molecule has 0 saturated heterocycles. The number of aryl methyl sites for hydroxylation is 2. The molecule has 0 aliphatic rings. The summed E-state index contributed by atoms with van der Waals surface area (Å²) in [5.41, 5.74) is 3.35. The summed E-state index contributed by atoms with van der Waals surface area (Å²) in [5.74, 6) is -0.732. The third kappa shape index (κ3) is 4.59. The van der Waals surface area contributed by atoms with E-state index in [2.05, 4.69) is 5.32 Å². The number of amides is 1. The van der Waals surface area contributed by atoms with Gasteiger partial charge in [0.05, 0.1) is 6.42 Å². The zero-order valence-electron chi connectivity index (χ0n) is 14.0. The van der Waals surface area contributed by atoms with Crippen LogP contribution in [0.2, 0.25) is 0 Å². The van der Waals surface area contributed by atoms with Crippen molar-refractivity contribution < 1.29 is 19.4 Å². The molecule has 0 radical (unpaired) electrons. The highest BCUT2D eigenvalue weighted by molar-refractivity contribution is 5.96. The Morgan fingerprint density at radius 3 is 2.25 bits per heavy atom. The first-order valence-electron chi connectivity index (χ1n) is 7.71. The van der Waals surface area contributed by atoms with Crippen molar-refractivity contribution in [2.24, 2.45) is 0 Å². The molecule has 24 heavy (non-hydrogen) atoms. The quantitative estimate of drug-likeness (QED) is 0.827. The smallest absolute Gasteiger partial charge is 0.311 e. The molecule has 2 rings (SSSR count). The van der Waals surface area contributed by atoms with Crippen LogP contribution in [-0.2, 0) is 20.7 Å². The third-order valence-corrected chi connectivity index (χ3v) is 3.69. The number of nitrogens with one attached hydrogen (secondary N) is 1. The van der Waals surface area contributed by atoms with E-state index in [-0.39, 0.29) is 18.1 Å². The van der Waals surface area contributed by atoms with Gasteiger partial charge in [-0.3, -0.25) is 9.59 Å². The Hall–Kier alpha value is -2.82. The van der Waals surface area contributed by atoms with E-state index in [9.17, 15) is 14.7 Å². The SMILES string of the molecule is Cc1cccc(C)c1NC(=O)[C@@H](C)OC(=O)Cc1ccc(O)cc1. The van der Waals surface area contributed by atoms with Crippen molar-refractivity contribution in [3.63, 3.8) is 0 Å². The zero-order chi connectivity index (χ0) is 17.7. The van der Waals surface area contributed by atoms with Crippen molar-refractivity contribution >= 4 is 17.6 Å². The monoisotopic (exact) mass is 327 g/mol. The number of aromatic hydroxyl groups is 1. The molecule has 0 bridgehead atoms. The van der Waals surface area contributed by atoms with E-state index in [4.69, 9.17) is 4.74 Å². The first-order valence-corrected chi connectivity index (χ1v) is 7.71. The predicted octanol–water partition coefficient (Wildman–Crippen LogP) is 3.12. The highest BCUT2D eigenvalue weighted by Gasteiger charge is 2.19. The number of esters is 1. The molecular formula is C19H21NO4. The van der Waals surface area contributed by atoms with E-state index in [1.807, 2.05) is 32.0 Å². The van der Waals surface area contributed by atoms with Crippen molar-refractivity contribution in [1.82, 2.24) is 0 Å². The van der Waals surface area contributed by atoms with Crippen LogP contribution in [0.1, 0.15) is 23.6 Å². The highest BCUT2D eigenvalue weighted by Crippen LogP contribution is 2.20. The number of phenolic OH excluding ortho intramolecular Hbond substituents is 1. The molecule has 0 aromatic heterocycles. The fraction of sp³-hybridized carbons (Fsp3) is 0.263. The molecule has 1 atom stereocenters. The predicted molar refractivity (Wildman–Crippen MR) is 91.9 cm³/mol. The molecule has 5 heteroatoms. The van der Waals surface area contributed by atoms with Gasteiger partial charge in [0.15, 0.2) is 6.10 Å². The van der Waals surface area contributed by atoms with E-state index in [1.54, 1.807) is 12.1 Å². The average Bonchev–Trinajstić information content (AvgIpc) is 2.53. The van der Waals surface area contributed by atoms with Gasteiger partial charge in [0, 0.05) is 5.69 Å². The number of benzene rings is 2. The van der Waals surface area contributed by atoms with Gasteiger partial charge in [-0.15, -0.1) is 0 Å². The minimum atomic E-state index is -0.895. The maximum absolute atomic E-state index is 12.2. The number of carbonyl (C=O) groups excluding carboxylic acids is 2. The van der Waals surface area contributed by atoms with Crippen molar-refractivity contribution in [1.29, 1.82) is 0 Å². The number of rotatable bonds is 5. The van der Waals surface area contributed by atoms with Gasteiger partial charge in [0.2, 0.25) is 0 Å². The van der Waals surface area contributed by atoms with Crippen LogP contribution in [-0.4, -0.2) is 23.1 Å². The average molecular weight is 327 g/mol. The number of hydrogen-bond donors (Lipinski definition) is 2. The Labute approximate surface area is 141 Å². The number of carbonyl (C=O) groups is 2. The van der Waals surface area contributed by atoms with Crippen molar-refractivity contribution in [2.45, 2.75) is 33.3 Å². The van der Waals surface area contributed by atoms with Crippen LogP contribution in [0.25, 0.3) is 0 Å². The minimum absolute atomic E-state index is 0.0429. The van der Waals surface area contributed by atoms with Crippen LogP contribution >= 0.6 is 0 Å². The summed E-state index contributed by atoms with van der Waals surface area (Å²) in [6.45, 7) is 5.35. The standard InChI is InChI=1S/C19H21NO4/c1-12-5-4-6-13(2)18(12)20-19(23)14(3)24-17(22)11-15-7-9-16(21)10-8-15/h4-10,14,21H,11H2,1-3H3,(H,20,23)/t14-/m1/s1. The lowest BCUT2D eigenvalue weighted by Gasteiger charge is -2.16. The molecule has 0 aliphatic carbocycles. The molecule has 0 spiro atoms. The molecular weight excluding hydrogens is 306 g/mol. The number of anilines is 1. The van der Waals surface area contributed by atoms with Gasteiger partial charge < -0.3 is 15.2 Å². The van der Waals surface area contributed by atoms with E-state index < -0.39 is 12.1 Å². The Bertz CT molecular complexity index is 717. The lowest BCUT2D eigenvalue weighted by atomic mass is 10.1. The van der Waals surface area contributed by atoms with E-state index in [1.165, 1.54) is 19.1 Å². The van der Waals surface area contributed by atoms with Crippen LogP contribution in [0, 0.1) is 13.8 Å². The van der Waals surface area contributed by atoms with Crippen LogP contribution in [0.5, 0.6) is 5.75 Å². The molecule has 2 N–H and O–H groups in total. The Morgan fingerprint density at radius 2 is 1.67 bits per heavy atom. The van der Waals surface area contributed by atoms with Crippen LogP contribution < -0.4 is 5.32 Å². The largest absolute Gasteiger partial charge is 0.508 e. The van der Waals surface area contributed by atoms with Crippen LogP contribution in [0.3, 0.4) is 0 Å². The van der Waals surface area contributed by atoms with Gasteiger partial charge >= 0.3 is 5.97 Å². The lowest BCUT2D eigenvalue weighted by Crippen LogP contribution is -2.31. The number of para-hydroxylation sites is 1. The van der Waals surface area contributed by atoms with E-state index in [0.29, 0.717) is 5.56 Å². The number of ether oxygens (including phenoxy) is 1. The van der Waals surface area contributed by atoms with E-state index in [0.717, 1.165) is 16.8 Å². The Balaban J connectivity index is 1.93. The maximum Gasteiger partial charge on any atom is 0.311 e. The Kier molecular flexibility index (Phi) is 5.58. The van der Waals surface area contributed by atoms with Gasteiger partial charge in [-0.05, 0) is 49.6 Å².